The van der Waals surface area contributed by atoms with Crippen molar-refractivity contribution < 1.29 is 4.79 Å². The molecule has 1 aromatic heterocycles. The van der Waals surface area contributed by atoms with E-state index in [2.05, 4.69) is 42.2 Å². The first kappa shape index (κ1) is 13.8. The zero-order chi connectivity index (χ0) is 14.0. The van der Waals surface area contributed by atoms with Gasteiger partial charge in [0.05, 0.1) is 11.4 Å². The minimum Gasteiger partial charge on any atom is -0.396 e. The predicted octanol–water partition coefficient (Wildman–Crippen LogP) is 3.03. The number of amides is 1. The van der Waals surface area contributed by atoms with Crippen molar-refractivity contribution in [2.24, 2.45) is 5.73 Å². The van der Waals surface area contributed by atoms with Crippen molar-refractivity contribution in [3.63, 3.8) is 0 Å². The van der Waals surface area contributed by atoms with Gasteiger partial charge in [0.25, 0.3) is 5.91 Å². The van der Waals surface area contributed by atoms with E-state index in [1.54, 1.807) is 6.07 Å². The second kappa shape index (κ2) is 5.58. The Hall–Kier alpha value is -1.60. The van der Waals surface area contributed by atoms with Gasteiger partial charge in [-0.15, -0.1) is 0 Å². The van der Waals surface area contributed by atoms with Crippen LogP contribution in [0.1, 0.15) is 10.5 Å². The van der Waals surface area contributed by atoms with Gasteiger partial charge in [-0.05, 0) is 46.3 Å². The molecule has 0 aliphatic heterocycles. The number of benzene rings is 1. The maximum Gasteiger partial charge on any atom is 0.267 e. The SMILES string of the molecule is NC(=O)c1ccc(N)c(Nc2cc(Br)ccc2Br)n1. The van der Waals surface area contributed by atoms with Gasteiger partial charge in [-0.3, -0.25) is 4.79 Å². The highest BCUT2D eigenvalue weighted by atomic mass is 79.9. The van der Waals surface area contributed by atoms with E-state index in [-0.39, 0.29) is 5.69 Å². The van der Waals surface area contributed by atoms with Crippen molar-refractivity contribution >= 4 is 55.0 Å². The van der Waals surface area contributed by atoms with Gasteiger partial charge >= 0.3 is 0 Å². The van der Waals surface area contributed by atoms with Crippen LogP contribution < -0.4 is 16.8 Å². The number of nitrogens with two attached hydrogens (primary N) is 2. The van der Waals surface area contributed by atoms with E-state index in [1.807, 2.05) is 18.2 Å². The second-order valence-electron chi connectivity index (χ2n) is 3.75. The summed E-state index contributed by atoms with van der Waals surface area (Å²) < 4.78 is 1.75. The Kier molecular flexibility index (Phi) is 4.06. The Bertz CT molecular complexity index is 646. The molecule has 19 heavy (non-hydrogen) atoms. The second-order valence-corrected chi connectivity index (χ2v) is 5.52. The Morgan fingerprint density at radius 2 is 1.95 bits per heavy atom. The average Bonchev–Trinajstić information content (AvgIpc) is 2.36. The van der Waals surface area contributed by atoms with Gasteiger partial charge in [0.2, 0.25) is 0 Å². The lowest BCUT2D eigenvalue weighted by atomic mass is 10.3. The quantitative estimate of drug-likeness (QED) is 0.756. The van der Waals surface area contributed by atoms with Crippen LogP contribution in [0.5, 0.6) is 0 Å². The number of nitrogens with one attached hydrogen (secondary N) is 1. The Labute approximate surface area is 126 Å². The maximum atomic E-state index is 11.1. The van der Waals surface area contributed by atoms with Crippen LogP contribution in [-0.2, 0) is 0 Å². The van der Waals surface area contributed by atoms with Crippen molar-refractivity contribution in [3.05, 3.63) is 45.0 Å². The molecule has 0 unspecified atom stereocenters. The van der Waals surface area contributed by atoms with Crippen LogP contribution in [0.25, 0.3) is 0 Å². The maximum absolute atomic E-state index is 11.1. The Morgan fingerprint density at radius 1 is 1.21 bits per heavy atom. The van der Waals surface area contributed by atoms with Gasteiger partial charge in [-0.1, -0.05) is 15.9 Å². The topological polar surface area (TPSA) is 94.0 Å². The molecule has 98 valence electrons. The Morgan fingerprint density at radius 3 is 2.63 bits per heavy atom. The number of pyridine rings is 1. The summed E-state index contributed by atoms with van der Waals surface area (Å²) in [6, 6.07) is 8.70. The zero-order valence-corrected chi connectivity index (χ0v) is 12.8. The molecular weight excluding hydrogens is 376 g/mol. The number of aromatic nitrogens is 1. The van der Waals surface area contributed by atoms with E-state index < -0.39 is 5.91 Å². The first-order chi connectivity index (χ1) is 8.97. The van der Waals surface area contributed by atoms with Gasteiger partial charge in [0.15, 0.2) is 5.82 Å². The summed E-state index contributed by atoms with van der Waals surface area (Å²) in [5.41, 5.74) is 12.4. The number of nitrogen functional groups attached to an aromatic ring is 1. The summed E-state index contributed by atoms with van der Waals surface area (Å²) in [5.74, 6) is -0.216. The van der Waals surface area contributed by atoms with Crippen LogP contribution in [0.2, 0.25) is 0 Å². The number of halogens is 2. The zero-order valence-electron chi connectivity index (χ0n) is 9.65. The summed E-state index contributed by atoms with van der Waals surface area (Å²) in [7, 11) is 0. The molecule has 0 saturated carbocycles. The third kappa shape index (κ3) is 3.24. The summed E-state index contributed by atoms with van der Waals surface area (Å²) in [6.45, 7) is 0. The van der Waals surface area contributed by atoms with Gasteiger partial charge in [0.1, 0.15) is 5.69 Å². The first-order valence-electron chi connectivity index (χ1n) is 5.26. The lowest BCUT2D eigenvalue weighted by molar-refractivity contribution is 0.0996. The molecule has 5 nitrogen and oxygen atoms in total. The molecule has 0 aliphatic carbocycles. The molecule has 2 rings (SSSR count). The number of nitrogens with zero attached hydrogens (tertiary/aromatic N) is 1. The van der Waals surface area contributed by atoms with Crippen LogP contribution >= 0.6 is 31.9 Å². The normalized spacial score (nSPS) is 10.2. The van der Waals surface area contributed by atoms with Gasteiger partial charge in [-0.2, -0.15) is 0 Å². The van der Waals surface area contributed by atoms with E-state index in [1.165, 1.54) is 6.07 Å². The van der Waals surface area contributed by atoms with E-state index in [0.717, 1.165) is 14.6 Å². The predicted molar refractivity (Wildman–Crippen MR) is 82.3 cm³/mol. The largest absolute Gasteiger partial charge is 0.396 e. The molecule has 1 heterocycles. The van der Waals surface area contributed by atoms with Crippen molar-refractivity contribution in [2.45, 2.75) is 0 Å². The smallest absolute Gasteiger partial charge is 0.267 e. The number of hydrogen-bond acceptors (Lipinski definition) is 4. The van der Waals surface area contributed by atoms with E-state index in [9.17, 15) is 4.79 Å². The summed E-state index contributed by atoms with van der Waals surface area (Å²) in [4.78, 5) is 15.2. The lowest BCUT2D eigenvalue weighted by Crippen LogP contribution is -2.14. The van der Waals surface area contributed by atoms with Crippen molar-refractivity contribution in [1.29, 1.82) is 0 Å². The van der Waals surface area contributed by atoms with Crippen molar-refractivity contribution in [2.75, 3.05) is 11.1 Å². The van der Waals surface area contributed by atoms with Crippen LogP contribution in [0, 0.1) is 0 Å². The average molecular weight is 386 g/mol. The lowest BCUT2D eigenvalue weighted by Gasteiger charge is -2.11. The third-order valence-electron chi connectivity index (χ3n) is 2.36. The highest BCUT2D eigenvalue weighted by molar-refractivity contribution is 9.11. The molecule has 0 atom stereocenters. The number of anilines is 3. The molecule has 0 bridgehead atoms. The summed E-state index contributed by atoms with van der Waals surface area (Å²) >= 11 is 6.80. The van der Waals surface area contributed by atoms with Crippen LogP contribution in [0.3, 0.4) is 0 Å². The molecule has 5 N–H and O–H groups in total. The minimum atomic E-state index is -0.601. The van der Waals surface area contributed by atoms with E-state index in [0.29, 0.717) is 11.5 Å². The fourth-order valence-electron chi connectivity index (χ4n) is 1.43. The van der Waals surface area contributed by atoms with Crippen LogP contribution in [0.4, 0.5) is 17.2 Å². The highest BCUT2D eigenvalue weighted by Gasteiger charge is 2.09. The standard InChI is InChI=1S/C12H10Br2N4O/c13-6-1-2-7(14)10(5-6)18-12-8(15)3-4-9(17-12)11(16)19/h1-5H,15H2,(H2,16,19)(H,17,18). The molecule has 0 fully saturated rings. The van der Waals surface area contributed by atoms with Gasteiger partial charge in [0, 0.05) is 8.95 Å². The number of primary amides is 1. The highest BCUT2D eigenvalue weighted by Crippen LogP contribution is 2.30. The number of rotatable bonds is 3. The third-order valence-corrected chi connectivity index (χ3v) is 3.55. The molecule has 0 aliphatic rings. The van der Waals surface area contributed by atoms with Crippen LogP contribution in [0.15, 0.2) is 39.3 Å². The molecule has 7 heteroatoms. The number of carbonyl (C=O) groups is 1. The molecule has 0 radical (unpaired) electrons. The molecule has 0 spiro atoms. The van der Waals surface area contributed by atoms with E-state index in [4.69, 9.17) is 11.5 Å². The van der Waals surface area contributed by atoms with Gasteiger partial charge in [-0.25, -0.2) is 4.98 Å². The Balaban J connectivity index is 2.40. The van der Waals surface area contributed by atoms with Crippen LogP contribution in [-0.4, -0.2) is 10.9 Å². The summed E-state index contributed by atoms with van der Waals surface area (Å²) in [5, 5.41) is 3.06. The summed E-state index contributed by atoms with van der Waals surface area (Å²) in [6.07, 6.45) is 0. The van der Waals surface area contributed by atoms with Crippen molar-refractivity contribution in [3.8, 4) is 0 Å². The molecule has 1 amide bonds. The molecule has 0 saturated heterocycles. The van der Waals surface area contributed by atoms with Gasteiger partial charge < -0.3 is 16.8 Å². The number of hydrogen-bond donors (Lipinski definition) is 3. The molecule has 1 aromatic carbocycles. The first-order valence-corrected chi connectivity index (χ1v) is 6.84. The molecule has 2 aromatic rings. The van der Waals surface area contributed by atoms with Crippen molar-refractivity contribution in [1.82, 2.24) is 4.98 Å². The fourth-order valence-corrected chi connectivity index (χ4v) is 2.13. The van der Waals surface area contributed by atoms with E-state index >= 15 is 0 Å². The fraction of sp³-hybridized carbons (Fsp3) is 0. The minimum absolute atomic E-state index is 0.155. The monoisotopic (exact) mass is 384 g/mol. The molecular formula is C12H10Br2N4O. The number of carbonyl (C=O) groups excluding carboxylic acids is 1.